The van der Waals surface area contributed by atoms with E-state index in [4.69, 9.17) is 18.9 Å². The summed E-state index contributed by atoms with van der Waals surface area (Å²) in [5, 5.41) is 0. The molecule has 0 atom stereocenters. The molecule has 0 aromatic heterocycles. The Hall–Kier alpha value is -3.80. The summed E-state index contributed by atoms with van der Waals surface area (Å²) in [5.74, 6) is 0.674. The van der Waals surface area contributed by atoms with Gasteiger partial charge in [0.15, 0.2) is 6.61 Å². The largest absolute Gasteiger partial charge is 0.490 e. The van der Waals surface area contributed by atoms with Crippen LogP contribution in [0, 0.1) is 0 Å². The molecule has 3 rings (SSSR count). The van der Waals surface area contributed by atoms with E-state index in [2.05, 4.69) is 47.6 Å². The first-order valence-corrected chi connectivity index (χ1v) is 12.4. The van der Waals surface area contributed by atoms with Crippen LogP contribution >= 0.6 is 0 Å². The highest BCUT2D eigenvalue weighted by Gasteiger charge is 2.23. The summed E-state index contributed by atoms with van der Waals surface area (Å²) in [6, 6.07) is 21.6. The third kappa shape index (κ3) is 8.38. The number of para-hydroxylation sites is 1. The summed E-state index contributed by atoms with van der Waals surface area (Å²) < 4.78 is 22.0. The zero-order valence-corrected chi connectivity index (χ0v) is 22.5. The quantitative estimate of drug-likeness (QED) is 0.188. The molecule has 0 radical (unpaired) electrons. The van der Waals surface area contributed by atoms with Crippen molar-refractivity contribution in [2.24, 2.45) is 0 Å². The molecular weight excluding hydrogens is 468 g/mol. The second kappa shape index (κ2) is 12.0. The van der Waals surface area contributed by atoms with Crippen LogP contribution in [0.4, 0.5) is 0 Å². The fourth-order valence-electron chi connectivity index (χ4n) is 3.56. The van der Waals surface area contributed by atoms with Crippen molar-refractivity contribution in [3.63, 3.8) is 0 Å². The van der Waals surface area contributed by atoms with Gasteiger partial charge in [0, 0.05) is 0 Å². The standard InChI is InChI=1S/C31H36O6/c1-30(2,3)23-14-17-27(26(20-23)31(4,5)6)36-21-28(32)37-25-15-12-22(13-16-25)29(33)35-19-18-34-24-10-8-7-9-11-24/h7-17,20H,18-19,21H2,1-6H3. The van der Waals surface area contributed by atoms with Crippen molar-refractivity contribution < 1.29 is 28.5 Å². The minimum absolute atomic E-state index is 0.00594. The Morgan fingerprint density at radius 2 is 1.38 bits per heavy atom. The van der Waals surface area contributed by atoms with Crippen molar-refractivity contribution in [2.45, 2.75) is 52.4 Å². The topological polar surface area (TPSA) is 71.1 Å². The van der Waals surface area contributed by atoms with Crippen LogP contribution in [0.15, 0.2) is 72.8 Å². The minimum atomic E-state index is -0.534. The van der Waals surface area contributed by atoms with Crippen LogP contribution in [0.1, 0.15) is 63.0 Å². The van der Waals surface area contributed by atoms with E-state index in [-0.39, 0.29) is 30.7 Å². The van der Waals surface area contributed by atoms with E-state index in [0.717, 1.165) is 5.56 Å². The Morgan fingerprint density at radius 3 is 2.00 bits per heavy atom. The number of carbonyl (C=O) groups excluding carboxylic acids is 2. The number of esters is 2. The Balaban J connectivity index is 1.50. The van der Waals surface area contributed by atoms with Gasteiger partial charge in [0.1, 0.15) is 30.5 Å². The van der Waals surface area contributed by atoms with E-state index in [1.807, 2.05) is 42.5 Å². The molecule has 0 aliphatic heterocycles. The average Bonchev–Trinajstić information content (AvgIpc) is 2.85. The van der Waals surface area contributed by atoms with Crippen LogP contribution in [-0.2, 0) is 20.4 Å². The van der Waals surface area contributed by atoms with Crippen LogP contribution in [0.25, 0.3) is 0 Å². The maximum atomic E-state index is 12.4. The molecule has 0 unspecified atom stereocenters. The molecule has 0 N–H and O–H groups in total. The molecule has 0 bridgehead atoms. The number of hydrogen-bond acceptors (Lipinski definition) is 6. The molecular formula is C31H36O6. The second-order valence-electron chi connectivity index (χ2n) is 10.8. The third-order valence-corrected chi connectivity index (χ3v) is 5.65. The van der Waals surface area contributed by atoms with Crippen molar-refractivity contribution in [1.82, 2.24) is 0 Å². The van der Waals surface area contributed by atoms with Crippen molar-refractivity contribution in [1.29, 1.82) is 0 Å². The number of ether oxygens (including phenoxy) is 4. The molecule has 0 fully saturated rings. The zero-order valence-electron chi connectivity index (χ0n) is 22.5. The van der Waals surface area contributed by atoms with Gasteiger partial charge in [-0.05, 0) is 64.4 Å². The highest BCUT2D eigenvalue weighted by atomic mass is 16.6. The van der Waals surface area contributed by atoms with Gasteiger partial charge in [-0.3, -0.25) is 0 Å². The van der Waals surface area contributed by atoms with Gasteiger partial charge in [-0.15, -0.1) is 0 Å². The van der Waals surface area contributed by atoms with Crippen LogP contribution in [0.5, 0.6) is 17.2 Å². The maximum absolute atomic E-state index is 12.4. The van der Waals surface area contributed by atoms with Gasteiger partial charge < -0.3 is 18.9 Å². The lowest BCUT2D eigenvalue weighted by Crippen LogP contribution is -2.21. The van der Waals surface area contributed by atoms with Crippen molar-refractivity contribution in [2.75, 3.05) is 19.8 Å². The summed E-state index contributed by atoms with van der Waals surface area (Å²) >= 11 is 0. The molecule has 0 saturated heterocycles. The SMILES string of the molecule is CC(C)(C)c1ccc(OCC(=O)Oc2ccc(C(=O)OCCOc3ccccc3)cc2)c(C(C)(C)C)c1. The monoisotopic (exact) mass is 504 g/mol. The molecule has 0 heterocycles. The van der Waals surface area contributed by atoms with Gasteiger partial charge in [-0.1, -0.05) is 71.9 Å². The zero-order chi connectivity index (χ0) is 27.1. The minimum Gasteiger partial charge on any atom is -0.490 e. The fourth-order valence-corrected chi connectivity index (χ4v) is 3.56. The van der Waals surface area contributed by atoms with E-state index < -0.39 is 11.9 Å². The number of carbonyl (C=O) groups is 2. The van der Waals surface area contributed by atoms with Crippen LogP contribution < -0.4 is 14.2 Å². The van der Waals surface area contributed by atoms with Crippen molar-refractivity contribution in [3.05, 3.63) is 89.5 Å². The lowest BCUT2D eigenvalue weighted by atomic mass is 9.80. The van der Waals surface area contributed by atoms with Crippen LogP contribution in [-0.4, -0.2) is 31.8 Å². The summed E-state index contributed by atoms with van der Waals surface area (Å²) in [6.07, 6.45) is 0. The van der Waals surface area contributed by atoms with Crippen LogP contribution in [0.3, 0.4) is 0 Å². The first kappa shape index (κ1) is 27.8. The molecule has 0 amide bonds. The molecule has 3 aromatic carbocycles. The van der Waals surface area contributed by atoms with Crippen LogP contribution in [0.2, 0.25) is 0 Å². The lowest BCUT2D eigenvalue weighted by molar-refractivity contribution is -0.136. The van der Waals surface area contributed by atoms with Gasteiger partial charge in [-0.25, -0.2) is 9.59 Å². The summed E-state index contributed by atoms with van der Waals surface area (Å²) in [6.45, 7) is 13.0. The highest BCUT2D eigenvalue weighted by molar-refractivity contribution is 5.89. The van der Waals surface area contributed by atoms with E-state index >= 15 is 0 Å². The Kier molecular flexibility index (Phi) is 8.98. The molecule has 3 aromatic rings. The molecule has 0 spiro atoms. The van der Waals surface area contributed by atoms with E-state index in [1.54, 1.807) is 24.3 Å². The van der Waals surface area contributed by atoms with Gasteiger partial charge in [0.25, 0.3) is 0 Å². The van der Waals surface area contributed by atoms with Crippen molar-refractivity contribution in [3.8, 4) is 17.2 Å². The first-order chi connectivity index (χ1) is 17.4. The van der Waals surface area contributed by atoms with E-state index in [9.17, 15) is 9.59 Å². The number of benzene rings is 3. The molecule has 37 heavy (non-hydrogen) atoms. The Labute approximate surface area is 219 Å². The Bertz CT molecular complexity index is 1190. The normalized spacial score (nSPS) is 11.5. The second-order valence-corrected chi connectivity index (χ2v) is 10.8. The fraction of sp³-hybridized carbons (Fsp3) is 0.355. The summed E-state index contributed by atoms with van der Waals surface area (Å²) in [7, 11) is 0. The Morgan fingerprint density at radius 1 is 0.703 bits per heavy atom. The van der Waals surface area contributed by atoms with Gasteiger partial charge in [-0.2, -0.15) is 0 Å². The summed E-state index contributed by atoms with van der Waals surface area (Å²) in [5.41, 5.74) is 2.44. The maximum Gasteiger partial charge on any atom is 0.349 e. The number of hydrogen-bond donors (Lipinski definition) is 0. The molecule has 0 aliphatic rings. The molecule has 0 saturated carbocycles. The van der Waals surface area contributed by atoms with Gasteiger partial charge >= 0.3 is 11.9 Å². The van der Waals surface area contributed by atoms with E-state index in [1.165, 1.54) is 5.56 Å². The molecule has 0 aliphatic carbocycles. The molecule has 6 heteroatoms. The van der Waals surface area contributed by atoms with Crippen molar-refractivity contribution >= 4 is 11.9 Å². The highest BCUT2D eigenvalue weighted by Crippen LogP contribution is 2.35. The van der Waals surface area contributed by atoms with E-state index in [0.29, 0.717) is 22.8 Å². The van der Waals surface area contributed by atoms with Gasteiger partial charge in [0.2, 0.25) is 0 Å². The number of rotatable bonds is 9. The first-order valence-electron chi connectivity index (χ1n) is 12.4. The molecule has 196 valence electrons. The van der Waals surface area contributed by atoms with Gasteiger partial charge in [0.05, 0.1) is 5.56 Å². The predicted molar refractivity (Wildman–Crippen MR) is 144 cm³/mol. The lowest BCUT2D eigenvalue weighted by Gasteiger charge is -2.27. The smallest absolute Gasteiger partial charge is 0.349 e. The third-order valence-electron chi connectivity index (χ3n) is 5.65. The average molecular weight is 505 g/mol. The molecule has 6 nitrogen and oxygen atoms in total. The summed E-state index contributed by atoms with van der Waals surface area (Å²) in [4.78, 5) is 24.7. The predicted octanol–water partition coefficient (Wildman–Crippen LogP) is 6.50.